The number of oxime groups is 1. The van der Waals surface area contributed by atoms with Gasteiger partial charge >= 0.3 is 5.97 Å². The molecule has 4 heteroatoms. The van der Waals surface area contributed by atoms with Crippen LogP contribution in [0.2, 0.25) is 0 Å². The van der Waals surface area contributed by atoms with Gasteiger partial charge in [-0.1, -0.05) is 34.5 Å². The van der Waals surface area contributed by atoms with Gasteiger partial charge in [0.2, 0.25) is 0 Å². The summed E-state index contributed by atoms with van der Waals surface area (Å²) in [6.07, 6.45) is 0.808. The lowest BCUT2D eigenvalue weighted by molar-refractivity contribution is 0.0516. The highest BCUT2D eigenvalue weighted by atomic mass is 32.2. The van der Waals surface area contributed by atoms with Gasteiger partial charge in [-0.25, -0.2) is 4.79 Å². The van der Waals surface area contributed by atoms with Gasteiger partial charge in [0.25, 0.3) is 0 Å². The lowest BCUT2D eigenvalue weighted by Crippen LogP contribution is -2.12. The molecule has 1 aliphatic heterocycles. The van der Waals surface area contributed by atoms with Gasteiger partial charge in [0.1, 0.15) is 0 Å². The van der Waals surface area contributed by atoms with E-state index in [0.29, 0.717) is 5.56 Å². The minimum Gasteiger partial charge on any atom is -0.313 e. The SMILES string of the molecule is Cc1ccc(C(=O)O/N=C2\CCSc3ccc(C)cc32)cc1. The van der Waals surface area contributed by atoms with Gasteiger partial charge in [0.05, 0.1) is 11.3 Å². The van der Waals surface area contributed by atoms with Crippen LogP contribution in [-0.4, -0.2) is 17.4 Å². The van der Waals surface area contributed by atoms with E-state index in [9.17, 15) is 4.79 Å². The molecule has 3 rings (SSSR count). The maximum absolute atomic E-state index is 12.0. The first-order chi connectivity index (χ1) is 10.6. The average Bonchev–Trinajstić information content (AvgIpc) is 2.53. The molecule has 0 N–H and O–H groups in total. The van der Waals surface area contributed by atoms with E-state index in [0.717, 1.165) is 29.0 Å². The summed E-state index contributed by atoms with van der Waals surface area (Å²) in [7, 11) is 0. The average molecular weight is 311 g/mol. The highest BCUT2D eigenvalue weighted by molar-refractivity contribution is 7.99. The molecule has 0 radical (unpaired) electrons. The number of hydrogen-bond donors (Lipinski definition) is 0. The Morgan fingerprint density at radius 3 is 2.59 bits per heavy atom. The predicted octanol–water partition coefficient (Wildman–Crippen LogP) is 4.36. The molecule has 1 aliphatic rings. The second kappa shape index (κ2) is 6.36. The van der Waals surface area contributed by atoms with Crippen LogP contribution in [0.5, 0.6) is 0 Å². The van der Waals surface area contributed by atoms with Crippen molar-refractivity contribution in [1.29, 1.82) is 0 Å². The summed E-state index contributed by atoms with van der Waals surface area (Å²) in [6, 6.07) is 13.6. The van der Waals surface area contributed by atoms with Crippen LogP contribution >= 0.6 is 11.8 Å². The van der Waals surface area contributed by atoms with Crippen LogP contribution in [0.4, 0.5) is 0 Å². The van der Waals surface area contributed by atoms with Crippen LogP contribution in [0.15, 0.2) is 52.5 Å². The zero-order chi connectivity index (χ0) is 15.5. The zero-order valence-electron chi connectivity index (χ0n) is 12.6. The number of benzene rings is 2. The van der Waals surface area contributed by atoms with Crippen molar-refractivity contribution in [3.8, 4) is 0 Å². The number of carbonyl (C=O) groups is 1. The number of aryl methyl sites for hydroxylation is 2. The van der Waals surface area contributed by atoms with Crippen molar-refractivity contribution < 1.29 is 9.63 Å². The monoisotopic (exact) mass is 311 g/mol. The van der Waals surface area contributed by atoms with Gasteiger partial charge in [-0.3, -0.25) is 0 Å². The molecule has 112 valence electrons. The second-order valence-corrected chi connectivity index (χ2v) is 6.52. The van der Waals surface area contributed by atoms with Gasteiger partial charge < -0.3 is 4.84 Å². The van der Waals surface area contributed by atoms with Crippen LogP contribution in [-0.2, 0) is 4.84 Å². The number of fused-ring (bicyclic) bond motifs is 1. The molecule has 0 aromatic heterocycles. The van der Waals surface area contributed by atoms with E-state index in [4.69, 9.17) is 4.84 Å². The smallest absolute Gasteiger partial charge is 0.313 e. The van der Waals surface area contributed by atoms with E-state index in [2.05, 4.69) is 30.3 Å². The molecule has 0 aliphatic carbocycles. The molecule has 2 aromatic rings. The highest BCUT2D eigenvalue weighted by Crippen LogP contribution is 2.31. The molecule has 22 heavy (non-hydrogen) atoms. The van der Waals surface area contributed by atoms with Crippen molar-refractivity contribution in [1.82, 2.24) is 0 Å². The summed E-state index contributed by atoms with van der Waals surface area (Å²) in [4.78, 5) is 18.4. The second-order valence-electron chi connectivity index (χ2n) is 5.38. The standard InChI is InChI=1S/C18H17NO2S/c1-12-3-6-14(7-4-12)18(20)21-19-16-9-10-22-17-8-5-13(2)11-15(16)17/h3-8,11H,9-10H2,1-2H3/b19-16+. The van der Waals surface area contributed by atoms with Crippen molar-refractivity contribution in [2.24, 2.45) is 5.16 Å². The third-order valence-electron chi connectivity index (χ3n) is 3.57. The van der Waals surface area contributed by atoms with Crippen molar-refractivity contribution in [2.75, 3.05) is 5.75 Å². The summed E-state index contributed by atoms with van der Waals surface area (Å²) in [5, 5.41) is 4.12. The summed E-state index contributed by atoms with van der Waals surface area (Å²) in [6.45, 7) is 4.03. The molecule has 0 spiro atoms. The van der Waals surface area contributed by atoms with Gasteiger partial charge in [-0.2, -0.15) is 0 Å². The van der Waals surface area contributed by atoms with E-state index in [1.165, 1.54) is 10.5 Å². The Kier molecular flexibility index (Phi) is 4.29. The topological polar surface area (TPSA) is 38.7 Å². The molecule has 0 fully saturated rings. The molecular formula is C18H17NO2S. The molecule has 0 unspecified atom stereocenters. The first kappa shape index (κ1) is 14.9. The van der Waals surface area contributed by atoms with Crippen LogP contribution in [0.1, 0.15) is 33.5 Å². The van der Waals surface area contributed by atoms with E-state index in [1.54, 1.807) is 12.1 Å². The van der Waals surface area contributed by atoms with Crippen LogP contribution in [0.3, 0.4) is 0 Å². The maximum atomic E-state index is 12.0. The number of thioether (sulfide) groups is 1. The Hall–Kier alpha value is -2.07. The number of rotatable bonds is 2. The largest absolute Gasteiger partial charge is 0.365 e. The van der Waals surface area contributed by atoms with E-state index < -0.39 is 5.97 Å². The summed E-state index contributed by atoms with van der Waals surface area (Å²) in [5.74, 6) is 0.539. The van der Waals surface area contributed by atoms with Gasteiger partial charge in [-0.05, 0) is 38.1 Å². The van der Waals surface area contributed by atoms with Crippen molar-refractivity contribution >= 4 is 23.4 Å². The third kappa shape index (κ3) is 3.22. The summed E-state index contributed by atoms with van der Waals surface area (Å²) < 4.78 is 0. The zero-order valence-corrected chi connectivity index (χ0v) is 13.4. The molecule has 0 bridgehead atoms. The lowest BCUT2D eigenvalue weighted by Gasteiger charge is -2.17. The highest BCUT2D eigenvalue weighted by Gasteiger charge is 2.17. The van der Waals surface area contributed by atoms with E-state index in [-0.39, 0.29) is 0 Å². The first-order valence-corrected chi connectivity index (χ1v) is 8.21. The fourth-order valence-electron chi connectivity index (χ4n) is 2.32. The van der Waals surface area contributed by atoms with Gasteiger partial charge in [-0.15, -0.1) is 11.8 Å². The van der Waals surface area contributed by atoms with Crippen molar-refractivity contribution in [3.63, 3.8) is 0 Å². The number of hydrogen-bond acceptors (Lipinski definition) is 4. The molecule has 0 saturated heterocycles. The minimum atomic E-state index is -0.417. The van der Waals surface area contributed by atoms with Gasteiger partial charge in [0, 0.05) is 22.6 Å². The van der Waals surface area contributed by atoms with Crippen molar-refractivity contribution in [3.05, 3.63) is 64.7 Å². The molecular weight excluding hydrogens is 294 g/mol. The Morgan fingerprint density at radius 2 is 1.82 bits per heavy atom. The van der Waals surface area contributed by atoms with Crippen LogP contribution < -0.4 is 0 Å². The van der Waals surface area contributed by atoms with Crippen LogP contribution in [0, 0.1) is 13.8 Å². The molecule has 0 atom stereocenters. The lowest BCUT2D eigenvalue weighted by atomic mass is 10.1. The quantitative estimate of drug-likeness (QED) is 0.611. The Morgan fingerprint density at radius 1 is 1.09 bits per heavy atom. The third-order valence-corrected chi connectivity index (χ3v) is 4.64. The van der Waals surface area contributed by atoms with E-state index >= 15 is 0 Å². The molecule has 3 nitrogen and oxygen atoms in total. The van der Waals surface area contributed by atoms with Crippen LogP contribution in [0.25, 0.3) is 0 Å². The summed E-state index contributed by atoms with van der Waals surface area (Å²) >= 11 is 1.81. The Labute approximate surface area is 134 Å². The van der Waals surface area contributed by atoms with Crippen molar-refractivity contribution in [2.45, 2.75) is 25.2 Å². The fraction of sp³-hybridized carbons (Fsp3) is 0.222. The van der Waals surface area contributed by atoms with Gasteiger partial charge in [0.15, 0.2) is 0 Å². The fourth-order valence-corrected chi connectivity index (χ4v) is 3.33. The molecule has 1 heterocycles. The normalized spacial score (nSPS) is 15.5. The Bertz CT molecular complexity index is 735. The van der Waals surface area contributed by atoms with E-state index in [1.807, 2.05) is 30.8 Å². The number of nitrogens with zero attached hydrogens (tertiary/aromatic N) is 1. The maximum Gasteiger partial charge on any atom is 0.365 e. The first-order valence-electron chi connectivity index (χ1n) is 7.22. The molecule has 0 saturated carbocycles. The predicted molar refractivity (Wildman–Crippen MR) is 89.7 cm³/mol. The minimum absolute atomic E-state index is 0.417. The molecule has 0 amide bonds. The molecule has 2 aromatic carbocycles. The Balaban J connectivity index is 1.80. The number of carbonyl (C=O) groups excluding carboxylic acids is 1. The summed E-state index contributed by atoms with van der Waals surface area (Å²) in [5.41, 5.74) is 4.73.